The summed E-state index contributed by atoms with van der Waals surface area (Å²) in [6.45, 7) is 5.59. The molecule has 0 fully saturated rings. The first-order valence-electron chi connectivity index (χ1n) is 5.76. The molecule has 2 N–H and O–H groups in total. The zero-order chi connectivity index (χ0) is 13.1. The Bertz CT molecular complexity index is 535. The summed E-state index contributed by atoms with van der Waals surface area (Å²) < 4.78 is 5.13. The minimum Gasteiger partial charge on any atom is -0.504 e. The molecule has 6 nitrogen and oxygen atoms in total. The summed E-state index contributed by atoms with van der Waals surface area (Å²) in [7, 11) is 0. The van der Waals surface area contributed by atoms with Gasteiger partial charge in [-0.25, -0.2) is 0 Å². The van der Waals surface area contributed by atoms with Crippen LogP contribution >= 0.6 is 0 Å². The van der Waals surface area contributed by atoms with Gasteiger partial charge in [0.15, 0.2) is 11.5 Å². The van der Waals surface area contributed by atoms with E-state index in [-0.39, 0.29) is 11.5 Å². The Morgan fingerprint density at radius 1 is 1.17 bits per heavy atom. The monoisotopic (exact) mass is 249 g/mol. The molecule has 0 atom stereocenters. The van der Waals surface area contributed by atoms with Crippen LogP contribution in [0.2, 0.25) is 0 Å². The minimum atomic E-state index is -0.213. The quantitative estimate of drug-likeness (QED) is 0.806. The van der Waals surface area contributed by atoms with Crippen molar-refractivity contribution in [1.82, 2.24) is 10.1 Å². The maximum atomic E-state index is 9.42. The molecule has 0 unspecified atom stereocenters. The van der Waals surface area contributed by atoms with Gasteiger partial charge in [0.2, 0.25) is 0 Å². The molecule has 6 heteroatoms. The highest BCUT2D eigenvalue weighted by atomic mass is 16.5. The van der Waals surface area contributed by atoms with E-state index in [0.29, 0.717) is 17.4 Å². The van der Waals surface area contributed by atoms with Crippen LogP contribution in [0.5, 0.6) is 11.5 Å². The van der Waals surface area contributed by atoms with E-state index < -0.39 is 0 Å². The third kappa shape index (κ3) is 2.22. The average molecular weight is 249 g/mol. The fourth-order valence-corrected chi connectivity index (χ4v) is 1.62. The van der Waals surface area contributed by atoms with Crippen molar-refractivity contribution in [2.24, 2.45) is 0 Å². The molecule has 96 valence electrons. The summed E-state index contributed by atoms with van der Waals surface area (Å²) in [4.78, 5) is 6.20. The van der Waals surface area contributed by atoms with Crippen molar-refractivity contribution in [2.45, 2.75) is 13.8 Å². The number of hydrogen-bond donors (Lipinski definition) is 2. The van der Waals surface area contributed by atoms with Gasteiger partial charge in [-0.1, -0.05) is 0 Å². The van der Waals surface area contributed by atoms with E-state index in [9.17, 15) is 10.2 Å². The number of nitrogens with zero attached hydrogens (tertiary/aromatic N) is 3. The Morgan fingerprint density at radius 3 is 2.50 bits per heavy atom. The first-order chi connectivity index (χ1) is 8.65. The van der Waals surface area contributed by atoms with Crippen LogP contribution in [-0.4, -0.2) is 33.4 Å². The maximum Gasteiger partial charge on any atom is 0.266 e. The molecule has 1 aromatic heterocycles. The molecule has 0 amide bonds. The molecule has 0 bridgehead atoms. The number of rotatable bonds is 4. The lowest BCUT2D eigenvalue weighted by Crippen LogP contribution is -2.22. The van der Waals surface area contributed by atoms with Crippen LogP contribution in [-0.2, 0) is 0 Å². The van der Waals surface area contributed by atoms with Crippen molar-refractivity contribution in [3.8, 4) is 23.0 Å². The highest BCUT2D eigenvalue weighted by molar-refractivity contribution is 5.59. The van der Waals surface area contributed by atoms with Crippen molar-refractivity contribution < 1.29 is 14.7 Å². The number of phenolic OH excluding ortho intramolecular Hbond substituents is 2. The summed E-state index contributed by atoms with van der Waals surface area (Å²) in [6.07, 6.45) is 0. The number of anilines is 1. The van der Waals surface area contributed by atoms with Crippen LogP contribution in [0.15, 0.2) is 22.7 Å². The third-order valence-electron chi connectivity index (χ3n) is 2.68. The predicted octanol–water partition coefficient (Wildman–Crippen LogP) is 1.99. The van der Waals surface area contributed by atoms with E-state index in [2.05, 4.69) is 10.1 Å². The molecular weight excluding hydrogens is 234 g/mol. The first kappa shape index (κ1) is 12.2. The molecule has 0 saturated heterocycles. The lowest BCUT2D eigenvalue weighted by Gasteiger charge is -2.14. The standard InChI is InChI=1S/C12H15N3O3/c1-3-15(4-2)12-13-11(18-14-12)8-5-6-9(16)10(17)7-8/h5-7,16-17H,3-4H2,1-2H3. The van der Waals surface area contributed by atoms with Crippen molar-refractivity contribution >= 4 is 5.95 Å². The van der Waals surface area contributed by atoms with Gasteiger partial charge in [0.25, 0.3) is 11.8 Å². The van der Waals surface area contributed by atoms with Crippen LogP contribution in [0.3, 0.4) is 0 Å². The zero-order valence-corrected chi connectivity index (χ0v) is 10.3. The smallest absolute Gasteiger partial charge is 0.266 e. The molecule has 2 rings (SSSR count). The Labute approximate surface area is 104 Å². The summed E-state index contributed by atoms with van der Waals surface area (Å²) in [5.74, 6) is 0.437. The lowest BCUT2D eigenvalue weighted by atomic mass is 10.2. The van der Waals surface area contributed by atoms with Crippen molar-refractivity contribution in [3.05, 3.63) is 18.2 Å². The highest BCUT2D eigenvalue weighted by Crippen LogP contribution is 2.30. The van der Waals surface area contributed by atoms with Crippen molar-refractivity contribution in [2.75, 3.05) is 18.0 Å². The van der Waals surface area contributed by atoms with Crippen molar-refractivity contribution in [1.29, 1.82) is 0 Å². The summed E-state index contributed by atoms with van der Waals surface area (Å²) >= 11 is 0. The second-order valence-corrected chi connectivity index (χ2v) is 3.78. The minimum absolute atomic E-state index is 0.178. The molecule has 1 heterocycles. The van der Waals surface area contributed by atoms with Gasteiger partial charge in [-0.05, 0) is 37.2 Å². The van der Waals surface area contributed by atoms with Crippen LogP contribution in [0, 0.1) is 0 Å². The normalized spacial score (nSPS) is 10.6. The van der Waals surface area contributed by atoms with E-state index in [1.54, 1.807) is 6.07 Å². The van der Waals surface area contributed by atoms with Crippen molar-refractivity contribution in [3.63, 3.8) is 0 Å². The Balaban J connectivity index is 2.31. The number of aromatic hydroxyl groups is 2. The number of phenols is 2. The maximum absolute atomic E-state index is 9.42. The predicted molar refractivity (Wildman–Crippen MR) is 66.6 cm³/mol. The molecular formula is C12H15N3O3. The lowest BCUT2D eigenvalue weighted by molar-refractivity contribution is 0.402. The van der Waals surface area contributed by atoms with Crippen LogP contribution < -0.4 is 4.90 Å². The van der Waals surface area contributed by atoms with E-state index in [0.717, 1.165) is 13.1 Å². The van der Waals surface area contributed by atoms with Gasteiger partial charge in [-0.2, -0.15) is 4.98 Å². The van der Waals surface area contributed by atoms with Gasteiger partial charge in [0.1, 0.15) is 0 Å². The molecule has 0 saturated carbocycles. The van der Waals surface area contributed by atoms with E-state index in [1.165, 1.54) is 12.1 Å². The van der Waals surface area contributed by atoms with E-state index in [1.807, 2.05) is 18.7 Å². The summed E-state index contributed by atoms with van der Waals surface area (Å²) in [5, 5.41) is 22.5. The van der Waals surface area contributed by atoms with Crippen LogP contribution in [0.1, 0.15) is 13.8 Å². The summed E-state index contributed by atoms with van der Waals surface area (Å²) in [6, 6.07) is 4.37. The molecule has 0 aliphatic rings. The Morgan fingerprint density at radius 2 is 1.89 bits per heavy atom. The van der Waals surface area contributed by atoms with Gasteiger partial charge in [0, 0.05) is 18.7 Å². The zero-order valence-electron chi connectivity index (χ0n) is 10.3. The van der Waals surface area contributed by atoms with Gasteiger partial charge in [-0.15, -0.1) is 0 Å². The molecule has 0 aliphatic heterocycles. The van der Waals surface area contributed by atoms with E-state index >= 15 is 0 Å². The number of benzene rings is 1. The largest absolute Gasteiger partial charge is 0.504 e. The fraction of sp³-hybridized carbons (Fsp3) is 0.333. The molecule has 18 heavy (non-hydrogen) atoms. The van der Waals surface area contributed by atoms with E-state index in [4.69, 9.17) is 4.52 Å². The van der Waals surface area contributed by atoms with Gasteiger partial charge in [0.05, 0.1) is 0 Å². The second kappa shape index (κ2) is 4.95. The SMILES string of the molecule is CCN(CC)c1noc(-c2ccc(O)c(O)c2)n1. The van der Waals surface area contributed by atoms with Gasteiger partial charge >= 0.3 is 0 Å². The second-order valence-electron chi connectivity index (χ2n) is 3.78. The topological polar surface area (TPSA) is 82.6 Å². The fourth-order valence-electron chi connectivity index (χ4n) is 1.62. The molecule has 2 aromatic rings. The first-order valence-corrected chi connectivity index (χ1v) is 5.76. The third-order valence-corrected chi connectivity index (χ3v) is 2.68. The van der Waals surface area contributed by atoms with Gasteiger partial charge in [-0.3, -0.25) is 0 Å². The summed E-state index contributed by atoms with van der Waals surface area (Å²) in [5.41, 5.74) is 0.566. The highest BCUT2D eigenvalue weighted by Gasteiger charge is 2.13. The van der Waals surface area contributed by atoms with Crippen LogP contribution in [0.25, 0.3) is 11.5 Å². The Hall–Kier alpha value is -2.24. The average Bonchev–Trinajstić information content (AvgIpc) is 2.84. The number of aromatic nitrogens is 2. The Kier molecular flexibility index (Phi) is 3.36. The molecule has 1 aromatic carbocycles. The molecule has 0 radical (unpaired) electrons. The number of hydrogen-bond acceptors (Lipinski definition) is 6. The van der Waals surface area contributed by atoms with Crippen LogP contribution in [0.4, 0.5) is 5.95 Å². The molecule has 0 aliphatic carbocycles. The van der Waals surface area contributed by atoms with Gasteiger partial charge < -0.3 is 19.6 Å². The molecule has 0 spiro atoms.